The van der Waals surface area contributed by atoms with Crippen molar-refractivity contribution in [2.24, 2.45) is 10.9 Å². The largest absolute Gasteiger partial charge is 0.352 e. The van der Waals surface area contributed by atoms with Crippen molar-refractivity contribution in [1.82, 2.24) is 10.6 Å². The average molecular weight is 373 g/mol. The van der Waals surface area contributed by atoms with Crippen molar-refractivity contribution in [3.05, 3.63) is 64.7 Å². The molecule has 0 saturated carbocycles. The molecule has 0 aliphatic rings. The summed E-state index contributed by atoms with van der Waals surface area (Å²) in [5.41, 5.74) is 2.99. The van der Waals surface area contributed by atoms with Gasteiger partial charge in [-0.1, -0.05) is 49.7 Å². The van der Waals surface area contributed by atoms with Crippen LogP contribution in [0.25, 0.3) is 0 Å². The summed E-state index contributed by atoms with van der Waals surface area (Å²) in [6.45, 7) is 5.01. The third kappa shape index (κ3) is 6.41. The van der Waals surface area contributed by atoms with E-state index >= 15 is 0 Å². The molecule has 0 radical (unpaired) electrons. The van der Waals surface area contributed by atoms with Crippen LogP contribution in [-0.4, -0.2) is 18.9 Å². The summed E-state index contributed by atoms with van der Waals surface area (Å²) in [6, 6.07) is 15.5. The van der Waals surface area contributed by atoms with E-state index in [0.29, 0.717) is 19.0 Å². The molecule has 0 unspecified atom stereocenters. The van der Waals surface area contributed by atoms with Crippen molar-refractivity contribution in [3.63, 3.8) is 0 Å². The molecule has 0 aromatic heterocycles. The second-order valence-electron chi connectivity index (χ2n) is 6.25. The number of nitrogens with zero attached hydrogens (tertiary/aromatic N) is 1. The molecule has 0 spiro atoms. The number of hydrogen-bond acceptors (Lipinski definition) is 2. The third-order valence-corrected chi connectivity index (χ3v) is 4.01. The molecule has 26 heavy (non-hydrogen) atoms. The molecule has 138 valence electrons. The van der Waals surface area contributed by atoms with Gasteiger partial charge in [0.15, 0.2) is 5.96 Å². The second-order valence-corrected chi connectivity index (χ2v) is 6.69. The van der Waals surface area contributed by atoms with Gasteiger partial charge in [-0.05, 0) is 35.4 Å². The van der Waals surface area contributed by atoms with Crippen LogP contribution in [0.4, 0.5) is 5.69 Å². The smallest absolute Gasteiger partial charge is 0.226 e. The van der Waals surface area contributed by atoms with Crippen molar-refractivity contribution >= 4 is 29.2 Å². The first-order valence-electron chi connectivity index (χ1n) is 8.56. The fourth-order valence-corrected chi connectivity index (χ4v) is 2.44. The van der Waals surface area contributed by atoms with E-state index in [0.717, 1.165) is 21.8 Å². The number of anilines is 1. The Morgan fingerprint density at radius 1 is 1.04 bits per heavy atom. The predicted molar refractivity (Wildman–Crippen MR) is 108 cm³/mol. The molecule has 0 bridgehead atoms. The van der Waals surface area contributed by atoms with Gasteiger partial charge in [0.25, 0.3) is 0 Å². The van der Waals surface area contributed by atoms with E-state index < -0.39 is 0 Å². The molecule has 2 rings (SSSR count). The Balaban J connectivity index is 1.83. The molecule has 3 N–H and O–H groups in total. The number of aliphatic imine (C=N–C) groups is 1. The molecule has 1 amide bonds. The molecule has 0 saturated heterocycles. The quantitative estimate of drug-likeness (QED) is 0.533. The minimum absolute atomic E-state index is 0.0153. The SMILES string of the molecule is CN=C(NCc1ccc(NC(=O)C(C)C)cc1)NCc1cccc(Cl)c1. The summed E-state index contributed by atoms with van der Waals surface area (Å²) in [5.74, 6) is 0.689. The van der Waals surface area contributed by atoms with Crippen LogP contribution in [0, 0.1) is 5.92 Å². The fraction of sp³-hybridized carbons (Fsp3) is 0.300. The molecule has 0 atom stereocenters. The maximum Gasteiger partial charge on any atom is 0.226 e. The number of benzene rings is 2. The lowest BCUT2D eigenvalue weighted by Gasteiger charge is -2.13. The Labute approximate surface area is 159 Å². The molecular weight excluding hydrogens is 348 g/mol. The van der Waals surface area contributed by atoms with Crippen LogP contribution in [0.1, 0.15) is 25.0 Å². The first-order chi connectivity index (χ1) is 12.5. The van der Waals surface area contributed by atoms with E-state index in [1.54, 1.807) is 7.05 Å². The number of amides is 1. The Morgan fingerprint density at radius 3 is 2.27 bits per heavy atom. The monoisotopic (exact) mass is 372 g/mol. The van der Waals surface area contributed by atoms with Crippen molar-refractivity contribution in [3.8, 4) is 0 Å². The fourth-order valence-electron chi connectivity index (χ4n) is 2.23. The predicted octanol–water partition coefficient (Wildman–Crippen LogP) is 3.80. The minimum atomic E-state index is -0.0368. The number of carbonyl (C=O) groups excluding carboxylic acids is 1. The van der Waals surface area contributed by atoms with Crippen LogP contribution < -0.4 is 16.0 Å². The topological polar surface area (TPSA) is 65.5 Å². The van der Waals surface area contributed by atoms with Gasteiger partial charge in [-0.15, -0.1) is 0 Å². The van der Waals surface area contributed by atoms with E-state index in [9.17, 15) is 4.79 Å². The summed E-state index contributed by atoms with van der Waals surface area (Å²) in [7, 11) is 1.73. The van der Waals surface area contributed by atoms with E-state index in [2.05, 4.69) is 20.9 Å². The Hall–Kier alpha value is -2.53. The number of rotatable bonds is 6. The van der Waals surface area contributed by atoms with Crippen LogP contribution >= 0.6 is 11.6 Å². The maximum atomic E-state index is 11.7. The Bertz CT molecular complexity index is 757. The van der Waals surface area contributed by atoms with Gasteiger partial charge in [-0.3, -0.25) is 9.79 Å². The van der Waals surface area contributed by atoms with Gasteiger partial charge < -0.3 is 16.0 Å². The third-order valence-electron chi connectivity index (χ3n) is 3.78. The van der Waals surface area contributed by atoms with Crippen molar-refractivity contribution in [1.29, 1.82) is 0 Å². The lowest BCUT2D eigenvalue weighted by atomic mass is 10.1. The summed E-state index contributed by atoms with van der Waals surface area (Å²) < 4.78 is 0. The maximum absolute atomic E-state index is 11.7. The van der Waals surface area contributed by atoms with Crippen molar-refractivity contribution < 1.29 is 4.79 Å². The molecule has 0 fully saturated rings. The zero-order chi connectivity index (χ0) is 18.9. The summed E-state index contributed by atoms with van der Waals surface area (Å²) in [5, 5.41) is 10.1. The van der Waals surface area contributed by atoms with Crippen LogP contribution in [0.5, 0.6) is 0 Å². The van der Waals surface area contributed by atoms with Gasteiger partial charge in [0.05, 0.1) is 0 Å². The molecule has 0 aliphatic heterocycles. The molecule has 0 aliphatic carbocycles. The number of nitrogens with one attached hydrogen (secondary N) is 3. The van der Waals surface area contributed by atoms with Gasteiger partial charge in [0.1, 0.15) is 0 Å². The number of hydrogen-bond donors (Lipinski definition) is 3. The Kier molecular flexibility index (Phi) is 7.48. The van der Waals surface area contributed by atoms with E-state index in [1.165, 1.54) is 0 Å². The van der Waals surface area contributed by atoms with Crippen LogP contribution in [0.3, 0.4) is 0 Å². The van der Waals surface area contributed by atoms with Gasteiger partial charge >= 0.3 is 0 Å². The van der Waals surface area contributed by atoms with Gasteiger partial charge in [0, 0.05) is 36.8 Å². The average Bonchev–Trinajstić information content (AvgIpc) is 2.63. The zero-order valence-corrected chi connectivity index (χ0v) is 16.1. The highest BCUT2D eigenvalue weighted by atomic mass is 35.5. The minimum Gasteiger partial charge on any atom is -0.352 e. The summed E-state index contributed by atoms with van der Waals surface area (Å²) in [6.07, 6.45) is 0. The first-order valence-corrected chi connectivity index (χ1v) is 8.94. The van der Waals surface area contributed by atoms with E-state index in [4.69, 9.17) is 11.6 Å². The standard InChI is InChI=1S/C20H25ClN4O/c1-14(2)19(26)25-18-9-7-15(8-10-18)12-23-20(22-3)24-13-16-5-4-6-17(21)11-16/h4-11,14H,12-13H2,1-3H3,(H,25,26)(H2,22,23,24). The van der Waals surface area contributed by atoms with Crippen LogP contribution in [0.15, 0.2) is 53.5 Å². The second kappa shape index (κ2) is 9.82. The normalized spacial score (nSPS) is 11.3. The van der Waals surface area contributed by atoms with Gasteiger partial charge in [-0.25, -0.2) is 0 Å². The molecule has 6 heteroatoms. The Morgan fingerprint density at radius 2 is 1.69 bits per heavy atom. The lowest BCUT2D eigenvalue weighted by molar-refractivity contribution is -0.118. The molecule has 5 nitrogen and oxygen atoms in total. The molecule has 2 aromatic carbocycles. The van der Waals surface area contributed by atoms with Gasteiger partial charge in [0.2, 0.25) is 5.91 Å². The highest BCUT2D eigenvalue weighted by Crippen LogP contribution is 2.11. The highest BCUT2D eigenvalue weighted by molar-refractivity contribution is 6.30. The molecule has 0 heterocycles. The lowest BCUT2D eigenvalue weighted by Crippen LogP contribution is -2.36. The van der Waals surface area contributed by atoms with Gasteiger partial charge in [-0.2, -0.15) is 0 Å². The van der Waals surface area contributed by atoms with E-state index in [-0.39, 0.29) is 11.8 Å². The number of halogens is 1. The number of guanidine groups is 1. The van der Waals surface area contributed by atoms with Crippen LogP contribution in [0.2, 0.25) is 5.02 Å². The molecular formula is C20H25ClN4O. The molecule has 2 aromatic rings. The van der Waals surface area contributed by atoms with Crippen LogP contribution in [-0.2, 0) is 17.9 Å². The zero-order valence-electron chi connectivity index (χ0n) is 15.3. The number of carbonyl (C=O) groups is 1. The highest BCUT2D eigenvalue weighted by Gasteiger charge is 2.06. The first kappa shape index (κ1) is 19.8. The summed E-state index contributed by atoms with van der Waals surface area (Å²) in [4.78, 5) is 15.9. The summed E-state index contributed by atoms with van der Waals surface area (Å²) >= 11 is 6.00. The van der Waals surface area contributed by atoms with Crippen molar-refractivity contribution in [2.75, 3.05) is 12.4 Å². The van der Waals surface area contributed by atoms with E-state index in [1.807, 2.05) is 62.4 Å². The van der Waals surface area contributed by atoms with Crippen molar-refractivity contribution in [2.45, 2.75) is 26.9 Å².